The summed E-state index contributed by atoms with van der Waals surface area (Å²) in [5.74, 6) is -0.831. The summed E-state index contributed by atoms with van der Waals surface area (Å²) < 4.78 is 29.4. The molecule has 1 rings (SSSR count). The monoisotopic (exact) mass is 294 g/mol. The molecule has 0 fully saturated rings. The molecule has 1 aromatic heterocycles. The Labute approximate surface area is 98.9 Å². The molecule has 1 aromatic rings. The number of carbonyl (C=O) groups excluding carboxylic acids is 1. The number of rotatable bonds is 3. The lowest BCUT2D eigenvalue weighted by atomic mass is 10.1. The summed E-state index contributed by atoms with van der Waals surface area (Å²) in [6.45, 7) is 0. The van der Waals surface area contributed by atoms with E-state index in [0.717, 1.165) is 13.2 Å². The van der Waals surface area contributed by atoms with Gasteiger partial charge in [0, 0.05) is 5.33 Å². The molecule has 1 heterocycles. The Morgan fingerprint density at radius 3 is 2.75 bits per heavy atom. The number of halogens is 3. The van der Waals surface area contributed by atoms with Crippen LogP contribution in [0.4, 0.5) is 14.5 Å². The van der Waals surface area contributed by atoms with Crippen LogP contribution in [0.25, 0.3) is 0 Å². The molecule has 0 aliphatic heterocycles. The van der Waals surface area contributed by atoms with Gasteiger partial charge in [0.1, 0.15) is 5.69 Å². The Bertz CT molecular complexity index is 413. The maximum atomic E-state index is 12.5. The van der Waals surface area contributed by atoms with Crippen LogP contribution in [0.5, 0.6) is 0 Å². The highest BCUT2D eigenvalue weighted by molar-refractivity contribution is 9.08. The Kier molecular flexibility index (Phi) is 4.17. The number of carbonyl (C=O) groups is 1. The highest BCUT2D eigenvalue weighted by atomic mass is 79.9. The molecule has 16 heavy (non-hydrogen) atoms. The van der Waals surface area contributed by atoms with Gasteiger partial charge >= 0.3 is 5.97 Å². The van der Waals surface area contributed by atoms with Gasteiger partial charge in [-0.25, -0.2) is 18.6 Å². The molecule has 0 spiro atoms. The van der Waals surface area contributed by atoms with Crippen molar-refractivity contribution < 1.29 is 18.3 Å². The summed E-state index contributed by atoms with van der Waals surface area (Å²) in [6.07, 6.45) is -2.76. The third-order valence-corrected chi connectivity index (χ3v) is 2.51. The number of aromatic nitrogens is 1. The van der Waals surface area contributed by atoms with Gasteiger partial charge in [0.05, 0.1) is 12.8 Å². The highest BCUT2D eigenvalue weighted by Gasteiger charge is 2.20. The van der Waals surface area contributed by atoms with Crippen LogP contribution in [0, 0.1) is 0 Å². The summed E-state index contributed by atoms with van der Waals surface area (Å²) in [6, 6.07) is 1.15. The van der Waals surface area contributed by atoms with Gasteiger partial charge in [0.25, 0.3) is 6.43 Å². The van der Waals surface area contributed by atoms with Crippen LogP contribution >= 0.6 is 15.9 Å². The average molecular weight is 295 g/mol. The lowest BCUT2D eigenvalue weighted by Gasteiger charge is -2.09. The molecule has 0 aliphatic rings. The van der Waals surface area contributed by atoms with E-state index < -0.39 is 18.1 Å². The summed E-state index contributed by atoms with van der Waals surface area (Å²) in [4.78, 5) is 14.7. The number of esters is 1. The van der Waals surface area contributed by atoms with E-state index in [1.807, 2.05) is 0 Å². The van der Waals surface area contributed by atoms with Crippen LogP contribution < -0.4 is 5.73 Å². The van der Waals surface area contributed by atoms with Gasteiger partial charge in [-0.3, -0.25) is 0 Å². The van der Waals surface area contributed by atoms with Crippen molar-refractivity contribution in [3.63, 3.8) is 0 Å². The fourth-order valence-electron chi connectivity index (χ4n) is 1.10. The number of alkyl halides is 3. The first-order chi connectivity index (χ1) is 7.51. The van der Waals surface area contributed by atoms with Crippen molar-refractivity contribution in [3.8, 4) is 0 Å². The number of anilines is 1. The molecule has 2 N–H and O–H groups in total. The van der Waals surface area contributed by atoms with Crippen molar-refractivity contribution in [3.05, 3.63) is 23.0 Å². The molecule has 0 unspecified atom stereocenters. The molecule has 7 heteroatoms. The SMILES string of the molecule is COC(=O)c1nc(C(F)F)cc(CBr)c1N. The molecule has 0 radical (unpaired) electrons. The van der Waals surface area contributed by atoms with Gasteiger partial charge in [-0.05, 0) is 11.6 Å². The molecule has 88 valence electrons. The van der Waals surface area contributed by atoms with Crippen LogP contribution in [-0.2, 0) is 10.1 Å². The average Bonchev–Trinajstić information content (AvgIpc) is 2.28. The number of ether oxygens (including phenoxy) is 1. The maximum absolute atomic E-state index is 12.5. The van der Waals surface area contributed by atoms with E-state index in [4.69, 9.17) is 5.73 Å². The predicted molar refractivity (Wildman–Crippen MR) is 57.6 cm³/mol. The zero-order chi connectivity index (χ0) is 12.3. The fraction of sp³-hybridized carbons (Fsp3) is 0.333. The first kappa shape index (κ1) is 12.8. The Balaban J connectivity index is 3.35. The molecule has 0 amide bonds. The van der Waals surface area contributed by atoms with Gasteiger partial charge in [0.15, 0.2) is 5.69 Å². The first-order valence-corrected chi connectivity index (χ1v) is 5.35. The van der Waals surface area contributed by atoms with Crippen LogP contribution in [0.15, 0.2) is 6.07 Å². The molecule has 0 saturated carbocycles. The predicted octanol–water partition coefficient (Wildman–Crippen LogP) is 2.28. The van der Waals surface area contributed by atoms with Crippen LogP contribution in [0.3, 0.4) is 0 Å². The van der Waals surface area contributed by atoms with Crippen molar-refractivity contribution in [2.75, 3.05) is 12.8 Å². The summed E-state index contributed by atoms with van der Waals surface area (Å²) in [5, 5.41) is 0.255. The Morgan fingerprint density at radius 2 is 2.31 bits per heavy atom. The second kappa shape index (κ2) is 5.20. The summed E-state index contributed by atoms with van der Waals surface area (Å²) in [7, 11) is 1.13. The third-order valence-electron chi connectivity index (χ3n) is 1.91. The Hall–Kier alpha value is -1.24. The lowest BCUT2D eigenvalue weighted by molar-refractivity contribution is 0.0593. The number of nitrogens with two attached hydrogens (primary N) is 1. The van der Waals surface area contributed by atoms with E-state index in [9.17, 15) is 13.6 Å². The van der Waals surface area contributed by atoms with Crippen molar-refractivity contribution in [2.45, 2.75) is 11.8 Å². The number of methoxy groups -OCH3 is 1. The summed E-state index contributed by atoms with van der Waals surface area (Å²) in [5.41, 5.74) is 5.25. The second-order valence-corrected chi connectivity index (χ2v) is 3.46. The zero-order valence-corrected chi connectivity index (χ0v) is 9.92. The number of hydrogen-bond donors (Lipinski definition) is 1. The number of nitrogen functional groups attached to an aromatic ring is 1. The number of nitrogens with zero attached hydrogens (tertiary/aromatic N) is 1. The van der Waals surface area contributed by atoms with Crippen LogP contribution in [-0.4, -0.2) is 18.1 Å². The van der Waals surface area contributed by atoms with E-state index >= 15 is 0 Å². The van der Waals surface area contributed by atoms with Gasteiger partial charge in [-0.1, -0.05) is 15.9 Å². The topological polar surface area (TPSA) is 65.2 Å². The maximum Gasteiger partial charge on any atom is 0.358 e. The van der Waals surface area contributed by atoms with Crippen molar-refractivity contribution in [1.29, 1.82) is 0 Å². The van der Waals surface area contributed by atoms with E-state index in [0.29, 0.717) is 5.56 Å². The molecule has 0 aromatic carbocycles. The van der Waals surface area contributed by atoms with E-state index in [-0.39, 0.29) is 16.7 Å². The van der Waals surface area contributed by atoms with Gasteiger partial charge in [-0.15, -0.1) is 0 Å². The first-order valence-electron chi connectivity index (χ1n) is 4.23. The molecule has 0 atom stereocenters. The molecule has 0 saturated heterocycles. The molecule has 0 aliphatic carbocycles. The largest absolute Gasteiger partial charge is 0.464 e. The van der Waals surface area contributed by atoms with Crippen molar-refractivity contribution in [1.82, 2.24) is 4.98 Å². The quantitative estimate of drug-likeness (QED) is 0.686. The fourth-order valence-corrected chi connectivity index (χ4v) is 1.57. The minimum Gasteiger partial charge on any atom is -0.464 e. The molecule has 4 nitrogen and oxygen atoms in total. The van der Waals surface area contributed by atoms with Gasteiger partial charge < -0.3 is 10.5 Å². The van der Waals surface area contributed by atoms with E-state index in [1.54, 1.807) is 0 Å². The van der Waals surface area contributed by atoms with Gasteiger partial charge in [0.2, 0.25) is 0 Å². The normalized spacial score (nSPS) is 10.6. The molecule has 0 bridgehead atoms. The lowest BCUT2D eigenvalue weighted by Crippen LogP contribution is -2.12. The van der Waals surface area contributed by atoms with Crippen LogP contribution in [0.2, 0.25) is 0 Å². The van der Waals surface area contributed by atoms with Gasteiger partial charge in [-0.2, -0.15) is 0 Å². The van der Waals surface area contributed by atoms with E-state index in [1.165, 1.54) is 0 Å². The standard InChI is InChI=1S/C9H9BrF2N2O2/c1-16-9(15)7-6(13)4(3-10)2-5(14-7)8(11)12/h2,8H,3,13H2,1H3. The number of hydrogen-bond acceptors (Lipinski definition) is 4. The highest BCUT2D eigenvalue weighted by Crippen LogP contribution is 2.25. The zero-order valence-electron chi connectivity index (χ0n) is 8.34. The smallest absolute Gasteiger partial charge is 0.358 e. The minimum atomic E-state index is -2.76. The number of pyridine rings is 1. The second-order valence-electron chi connectivity index (χ2n) is 2.89. The third kappa shape index (κ3) is 2.46. The minimum absolute atomic E-state index is 0.0492. The summed E-state index contributed by atoms with van der Waals surface area (Å²) >= 11 is 3.09. The van der Waals surface area contributed by atoms with E-state index in [2.05, 4.69) is 25.7 Å². The molecular formula is C9H9BrF2N2O2. The van der Waals surface area contributed by atoms with Crippen molar-refractivity contribution >= 4 is 27.6 Å². The molecular weight excluding hydrogens is 286 g/mol. The van der Waals surface area contributed by atoms with Crippen molar-refractivity contribution in [2.24, 2.45) is 0 Å². The van der Waals surface area contributed by atoms with Crippen LogP contribution in [0.1, 0.15) is 28.2 Å². The Morgan fingerprint density at radius 1 is 1.69 bits per heavy atom.